The van der Waals surface area contributed by atoms with Crippen LogP contribution in [0.5, 0.6) is 5.75 Å². The zero-order valence-corrected chi connectivity index (χ0v) is 15.6. The van der Waals surface area contributed by atoms with Gasteiger partial charge in [0.25, 0.3) is 0 Å². The van der Waals surface area contributed by atoms with Gasteiger partial charge < -0.3 is 5.11 Å². The molecule has 0 spiro atoms. The number of thiophene rings is 1. The van der Waals surface area contributed by atoms with E-state index in [-0.39, 0.29) is 11.7 Å². The van der Waals surface area contributed by atoms with E-state index in [1.165, 1.54) is 16.0 Å². The van der Waals surface area contributed by atoms with Gasteiger partial charge in [-0.1, -0.05) is 18.2 Å². The second-order valence-electron chi connectivity index (χ2n) is 6.63. The van der Waals surface area contributed by atoms with Gasteiger partial charge in [0.15, 0.2) is 0 Å². The van der Waals surface area contributed by atoms with Crippen LogP contribution in [-0.4, -0.2) is 15.1 Å². The molecule has 4 rings (SSSR count). The first-order valence-corrected chi connectivity index (χ1v) is 9.53. The quantitative estimate of drug-likeness (QED) is 0.531. The largest absolute Gasteiger partial charge is 0.505 e. The van der Waals surface area contributed by atoms with Crippen LogP contribution >= 0.6 is 11.3 Å². The molecule has 3 heterocycles. The molecule has 0 radical (unpaired) electrons. The Morgan fingerprint density at radius 2 is 1.92 bits per heavy atom. The summed E-state index contributed by atoms with van der Waals surface area (Å²) in [5.74, 6) is 0.323. The first-order valence-electron chi connectivity index (χ1n) is 8.65. The fourth-order valence-corrected chi connectivity index (χ4v) is 4.48. The van der Waals surface area contributed by atoms with Crippen molar-refractivity contribution in [1.29, 1.82) is 0 Å². The van der Waals surface area contributed by atoms with Crippen molar-refractivity contribution in [2.75, 3.05) is 0 Å². The van der Waals surface area contributed by atoms with E-state index in [1.807, 2.05) is 36.5 Å². The van der Waals surface area contributed by atoms with Crippen LogP contribution in [0, 0.1) is 13.8 Å². The molecule has 130 valence electrons. The average molecular weight is 360 g/mol. The van der Waals surface area contributed by atoms with E-state index >= 15 is 0 Å². The van der Waals surface area contributed by atoms with Crippen molar-refractivity contribution in [2.24, 2.45) is 0 Å². The number of benzene rings is 1. The maximum absolute atomic E-state index is 11.0. The molecule has 3 nitrogen and oxygen atoms in total. The summed E-state index contributed by atoms with van der Waals surface area (Å²) in [4.78, 5) is 10.2. The monoisotopic (exact) mass is 360 g/mol. The van der Waals surface area contributed by atoms with E-state index < -0.39 is 0 Å². The number of hydrogen-bond acceptors (Lipinski definition) is 4. The van der Waals surface area contributed by atoms with Crippen LogP contribution < -0.4 is 0 Å². The van der Waals surface area contributed by atoms with Crippen LogP contribution in [-0.2, 0) is 6.42 Å². The topological polar surface area (TPSA) is 46.0 Å². The minimum atomic E-state index is 0.0516. The molecule has 4 heteroatoms. The normalized spacial score (nSPS) is 12.4. The van der Waals surface area contributed by atoms with Gasteiger partial charge in [-0.25, -0.2) is 0 Å². The van der Waals surface area contributed by atoms with Crippen molar-refractivity contribution in [3.8, 4) is 5.75 Å². The molecule has 1 atom stereocenters. The Morgan fingerprint density at radius 3 is 2.69 bits per heavy atom. The SMILES string of the molecule is Cc1ccnc(CC(c2ccc3cccnc3c2O)c2sccc2C)c1. The highest BCUT2D eigenvalue weighted by Crippen LogP contribution is 2.40. The number of hydrogen-bond donors (Lipinski definition) is 1. The van der Waals surface area contributed by atoms with Gasteiger partial charge in [0.05, 0.1) is 0 Å². The highest BCUT2D eigenvalue weighted by molar-refractivity contribution is 7.10. The molecule has 0 aliphatic carbocycles. The molecule has 0 aliphatic rings. The minimum absolute atomic E-state index is 0.0516. The molecule has 0 saturated heterocycles. The van der Waals surface area contributed by atoms with Gasteiger partial charge in [0.2, 0.25) is 0 Å². The molecule has 0 fully saturated rings. The van der Waals surface area contributed by atoms with Gasteiger partial charge in [-0.3, -0.25) is 9.97 Å². The molecular weight excluding hydrogens is 340 g/mol. The third-order valence-electron chi connectivity index (χ3n) is 4.76. The molecule has 0 bridgehead atoms. The Labute approximate surface area is 157 Å². The summed E-state index contributed by atoms with van der Waals surface area (Å²) in [6, 6.07) is 14.2. The fourth-order valence-electron chi connectivity index (χ4n) is 3.43. The second-order valence-corrected chi connectivity index (χ2v) is 7.58. The lowest BCUT2D eigenvalue weighted by molar-refractivity contribution is 0.469. The molecule has 0 amide bonds. The van der Waals surface area contributed by atoms with Crippen LogP contribution in [0.3, 0.4) is 0 Å². The van der Waals surface area contributed by atoms with E-state index in [2.05, 4.69) is 41.3 Å². The predicted molar refractivity (Wildman–Crippen MR) is 107 cm³/mol. The van der Waals surface area contributed by atoms with E-state index in [1.54, 1.807) is 17.5 Å². The number of nitrogens with zero attached hydrogens (tertiary/aromatic N) is 2. The van der Waals surface area contributed by atoms with Crippen LogP contribution in [0.15, 0.2) is 60.2 Å². The highest BCUT2D eigenvalue weighted by Gasteiger charge is 2.23. The van der Waals surface area contributed by atoms with Gasteiger partial charge in [0.1, 0.15) is 11.3 Å². The third kappa shape index (κ3) is 3.08. The molecular formula is C22H20N2OS. The maximum atomic E-state index is 11.0. The summed E-state index contributed by atoms with van der Waals surface area (Å²) >= 11 is 1.73. The van der Waals surface area contributed by atoms with E-state index in [0.717, 1.165) is 23.1 Å². The van der Waals surface area contributed by atoms with Crippen LogP contribution in [0.4, 0.5) is 0 Å². The summed E-state index contributed by atoms with van der Waals surface area (Å²) in [5.41, 5.74) is 5.03. The Kier molecular flexibility index (Phi) is 4.43. The summed E-state index contributed by atoms with van der Waals surface area (Å²) < 4.78 is 0. The minimum Gasteiger partial charge on any atom is -0.505 e. The number of fused-ring (bicyclic) bond motifs is 1. The number of rotatable bonds is 4. The molecule has 1 unspecified atom stereocenters. The summed E-state index contributed by atoms with van der Waals surface area (Å²) in [7, 11) is 0. The highest BCUT2D eigenvalue weighted by atomic mass is 32.1. The van der Waals surface area contributed by atoms with Gasteiger partial charge >= 0.3 is 0 Å². The lowest BCUT2D eigenvalue weighted by Gasteiger charge is -2.19. The van der Waals surface area contributed by atoms with Gasteiger partial charge in [-0.15, -0.1) is 11.3 Å². The van der Waals surface area contributed by atoms with Crippen molar-refractivity contribution in [3.05, 3.63) is 87.5 Å². The number of pyridine rings is 2. The maximum Gasteiger partial charge on any atom is 0.145 e. The standard InChI is InChI=1S/C22H20N2OS/c1-14-7-10-23-17(12-14)13-19(22-15(2)8-11-26-22)18-6-5-16-4-3-9-24-20(16)21(18)25/h3-12,19,25H,13H2,1-2H3. The molecule has 1 N–H and O–H groups in total. The lowest BCUT2D eigenvalue weighted by Crippen LogP contribution is -2.07. The average Bonchev–Trinajstić information content (AvgIpc) is 3.07. The Morgan fingerprint density at radius 1 is 1.04 bits per heavy atom. The van der Waals surface area contributed by atoms with E-state index in [4.69, 9.17) is 0 Å². The molecule has 0 saturated carbocycles. The number of aromatic nitrogens is 2. The third-order valence-corrected chi connectivity index (χ3v) is 5.89. The van der Waals surface area contributed by atoms with Crippen molar-refractivity contribution >= 4 is 22.2 Å². The Bertz CT molecular complexity index is 1070. The molecule has 3 aromatic heterocycles. The van der Waals surface area contributed by atoms with Crippen molar-refractivity contribution < 1.29 is 5.11 Å². The first-order chi connectivity index (χ1) is 12.6. The van der Waals surface area contributed by atoms with Crippen LogP contribution in [0.25, 0.3) is 10.9 Å². The summed E-state index contributed by atoms with van der Waals surface area (Å²) in [6.07, 6.45) is 4.32. The van der Waals surface area contributed by atoms with Crippen LogP contribution in [0.1, 0.15) is 33.2 Å². The van der Waals surface area contributed by atoms with Gasteiger partial charge in [-0.2, -0.15) is 0 Å². The number of aryl methyl sites for hydroxylation is 2. The predicted octanol–water partition coefficient (Wildman–Crippen LogP) is 5.39. The zero-order valence-electron chi connectivity index (χ0n) is 14.8. The first kappa shape index (κ1) is 16.7. The molecule has 1 aromatic carbocycles. The van der Waals surface area contributed by atoms with E-state index in [9.17, 15) is 5.11 Å². The number of phenols is 1. The fraction of sp³-hybridized carbons (Fsp3) is 0.182. The van der Waals surface area contributed by atoms with Crippen molar-refractivity contribution in [1.82, 2.24) is 9.97 Å². The lowest BCUT2D eigenvalue weighted by atomic mass is 9.89. The van der Waals surface area contributed by atoms with Crippen molar-refractivity contribution in [2.45, 2.75) is 26.2 Å². The summed E-state index contributed by atoms with van der Waals surface area (Å²) in [5, 5.41) is 14.0. The van der Waals surface area contributed by atoms with Crippen LogP contribution in [0.2, 0.25) is 0 Å². The number of aromatic hydroxyl groups is 1. The van der Waals surface area contributed by atoms with Gasteiger partial charge in [-0.05, 0) is 54.6 Å². The Hall–Kier alpha value is -2.72. The zero-order chi connectivity index (χ0) is 18.1. The smallest absolute Gasteiger partial charge is 0.145 e. The molecule has 4 aromatic rings. The Balaban J connectivity index is 1.86. The van der Waals surface area contributed by atoms with Crippen molar-refractivity contribution in [3.63, 3.8) is 0 Å². The van der Waals surface area contributed by atoms with Gasteiger partial charge in [0, 0.05) is 46.3 Å². The second kappa shape index (κ2) is 6.89. The van der Waals surface area contributed by atoms with E-state index in [0.29, 0.717) is 5.52 Å². The number of phenolic OH excluding ortho intramolecular Hbond substituents is 1. The molecule has 0 aliphatic heterocycles. The summed E-state index contributed by atoms with van der Waals surface area (Å²) in [6.45, 7) is 4.20. The molecule has 26 heavy (non-hydrogen) atoms.